The second kappa shape index (κ2) is 23.7. The van der Waals surface area contributed by atoms with Gasteiger partial charge < -0.3 is 16.9 Å². The molecule has 0 aliphatic rings. The highest BCUT2D eigenvalue weighted by molar-refractivity contribution is 4.76. The van der Waals surface area contributed by atoms with Crippen LogP contribution in [0.15, 0.2) is 38.0 Å². The average molecular weight is 426 g/mol. The monoisotopic (exact) mass is 425 g/mol. The molecule has 0 bridgehead atoms. The van der Waals surface area contributed by atoms with Crippen molar-refractivity contribution in [2.24, 2.45) is 0 Å². The molecule has 0 atom stereocenters. The van der Waals surface area contributed by atoms with Gasteiger partial charge in [-0.3, -0.25) is 0 Å². The van der Waals surface area contributed by atoms with Crippen molar-refractivity contribution in [3.05, 3.63) is 38.0 Å². The highest BCUT2D eigenvalue weighted by Crippen LogP contribution is 2.15. The van der Waals surface area contributed by atoms with Gasteiger partial charge in [0.2, 0.25) is 0 Å². The van der Waals surface area contributed by atoms with Crippen LogP contribution in [-0.2, 0) is 0 Å². The fourth-order valence-electron chi connectivity index (χ4n) is 4.31. The van der Waals surface area contributed by atoms with E-state index in [0.717, 1.165) is 24.1 Å². The van der Waals surface area contributed by atoms with Gasteiger partial charge in [0.25, 0.3) is 0 Å². The first-order valence-electron chi connectivity index (χ1n) is 12.4. The van der Waals surface area contributed by atoms with Crippen molar-refractivity contribution in [2.75, 3.05) is 26.2 Å². The first-order chi connectivity index (χ1) is 13.7. The van der Waals surface area contributed by atoms with Crippen molar-refractivity contribution in [1.29, 1.82) is 0 Å². The number of quaternary nitrogens is 1. The lowest BCUT2D eigenvalue weighted by Gasteiger charge is -2.36. The molecule has 0 amide bonds. The van der Waals surface area contributed by atoms with E-state index < -0.39 is 0 Å². The highest BCUT2D eigenvalue weighted by Gasteiger charge is 2.21. The summed E-state index contributed by atoms with van der Waals surface area (Å²) in [6, 6.07) is 0. The SMILES string of the molecule is C=CC[N+](CC=C)(CC=C)CCCCCCCCCCCCCCCCCC.[Cl-]. The lowest BCUT2D eigenvalue weighted by molar-refractivity contribution is -0.912. The van der Waals surface area contributed by atoms with Crippen LogP contribution in [0.4, 0.5) is 0 Å². The third-order valence-electron chi connectivity index (χ3n) is 6.04. The lowest BCUT2D eigenvalue weighted by atomic mass is 10.0. The molecule has 0 radical (unpaired) electrons. The molecule has 0 aliphatic carbocycles. The summed E-state index contributed by atoms with van der Waals surface area (Å²) in [5, 5.41) is 0. The molecular formula is C27H52ClN. The maximum atomic E-state index is 3.95. The fraction of sp³-hybridized carbons (Fsp3) is 0.778. The molecule has 0 unspecified atom stereocenters. The Bertz CT molecular complexity index is 337. The lowest BCUT2D eigenvalue weighted by Crippen LogP contribution is -3.00. The predicted molar refractivity (Wildman–Crippen MR) is 130 cm³/mol. The summed E-state index contributed by atoms with van der Waals surface area (Å²) in [5.74, 6) is 0. The molecule has 0 aromatic carbocycles. The molecule has 0 aromatic rings. The first kappa shape index (κ1) is 30.7. The summed E-state index contributed by atoms with van der Waals surface area (Å²) in [7, 11) is 0. The van der Waals surface area contributed by atoms with Gasteiger partial charge in [-0.1, -0.05) is 117 Å². The zero-order valence-corrected chi connectivity index (χ0v) is 20.6. The van der Waals surface area contributed by atoms with Gasteiger partial charge in [0.15, 0.2) is 0 Å². The van der Waals surface area contributed by atoms with Gasteiger partial charge in [0, 0.05) is 0 Å². The molecule has 0 rings (SSSR count). The standard InChI is InChI=1S/C27H52N.ClH/c1-5-9-10-11-12-13-14-15-16-17-18-19-20-21-22-23-27-28(24-6-2,25-7-3)26-8-4;/h6-8H,2-5,9-27H2,1H3;1H/q+1;/p-1. The summed E-state index contributed by atoms with van der Waals surface area (Å²) in [6.45, 7) is 18.4. The fourth-order valence-corrected chi connectivity index (χ4v) is 4.31. The van der Waals surface area contributed by atoms with Gasteiger partial charge in [-0.25, -0.2) is 0 Å². The number of rotatable bonds is 23. The second-order valence-electron chi connectivity index (χ2n) is 8.78. The molecule has 0 N–H and O–H groups in total. The number of nitrogens with zero attached hydrogens (tertiary/aromatic N) is 1. The molecule has 0 aromatic heterocycles. The van der Waals surface area contributed by atoms with Crippen molar-refractivity contribution < 1.29 is 16.9 Å². The Labute approximate surface area is 190 Å². The Kier molecular flexibility index (Phi) is 25.1. The minimum absolute atomic E-state index is 0. The summed E-state index contributed by atoms with van der Waals surface area (Å²) in [4.78, 5) is 0. The molecule has 0 fully saturated rings. The van der Waals surface area contributed by atoms with Crippen molar-refractivity contribution in [1.82, 2.24) is 0 Å². The van der Waals surface area contributed by atoms with E-state index in [1.54, 1.807) is 0 Å². The molecule has 0 heterocycles. The Morgan fingerprint density at radius 2 is 0.759 bits per heavy atom. The van der Waals surface area contributed by atoms with Gasteiger partial charge in [-0.2, -0.15) is 0 Å². The van der Waals surface area contributed by atoms with Crippen molar-refractivity contribution in [3.63, 3.8) is 0 Å². The molecule has 1 nitrogen and oxygen atoms in total. The molecular weight excluding hydrogens is 374 g/mol. The number of hydrogen-bond acceptors (Lipinski definition) is 0. The van der Waals surface area contributed by atoms with Crippen LogP contribution in [0.2, 0.25) is 0 Å². The van der Waals surface area contributed by atoms with E-state index in [-0.39, 0.29) is 12.4 Å². The van der Waals surface area contributed by atoms with Crippen LogP contribution in [0.5, 0.6) is 0 Å². The Morgan fingerprint density at radius 3 is 1.03 bits per heavy atom. The summed E-state index contributed by atoms with van der Waals surface area (Å²) in [5.41, 5.74) is 0. The van der Waals surface area contributed by atoms with Crippen LogP contribution < -0.4 is 12.4 Å². The highest BCUT2D eigenvalue weighted by atomic mass is 35.5. The molecule has 0 spiro atoms. The van der Waals surface area contributed by atoms with Gasteiger partial charge >= 0.3 is 0 Å². The van der Waals surface area contributed by atoms with E-state index in [4.69, 9.17) is 0 Å². The van der Waals surface area contributed by atoms with Crippen LogP contribution >= 0.6 is 0 Å². The Balaban J connectivity index is 0. The average Bonchev–Trinajstić information content (AvgIpc) is 2.68. The summed E-state index contributed by atoms with van der Waals surface area (Å²) in [6.07, 6.45) is 29.0. The zero-order chi connectivity index (χ0) is 20.8. The number of unbranched alkanes of at least 4 members (excludes halogenated alkanes) is 15. The smallest absolute Gasteiger partial charge is 0.0975 e. The molecule has 0 aliphatic heterocycles. The zero-order valence-electron chi connectivity index (χ0n) is 19.8. The molecule has 0 saturated carbocycles. The van der Waals surface area contributed by atoms with E-state index in [1.807, 2.05) is 0 Å². The maximum Gasteiger partial charge on any atom is 0.0975 e. The molecule has 29 heavy (non-hydrogen) atoms. The molecule has 172 valence electrons. The van der Waals surface area contributed by atoms with E-state index in [9.17, 15) is 0 Å². The van der Waals surface area contributed by atoms with Crippen LogP contribution in [0.1, 0.15) is 110 Å². The first-order valence-corrected chi connectivity index (χ1v) is 12.4. The van der Waals surface area contributed by atoms with Crippen molar-refractivity contribution >= 4 is 0 Å². The van der Waals surface area contributed by atoms with Crippen LogP contribution in [0, 0.1) is 0 Å². The Morgan fingerprint density at radius 1 is 0.483 bits per heavy atom. The maximum absolute atomic E-state index is 3.95. The van der Waals surface area contributed by atoms with E-state index >= 15 is 0 Å². The summed E-state index contributed by atoms with van der Waals surface area (Å²) >= 11 is 0. The predicted octanol–water partition coefficient (Wildman–Crippen LogP) is 5.63. The molecule has 0 saturated heterocycles. The van der Waals surface area contributed by atoms with Crippen LogP contribution in [0.3, 0.4) is 0 Å². The van der Waals surface area contributed by atoms with Gasteiger partial charge in [0.1, 0.15) is 0 Å². The third kappa shape index (κ3) is 19.2. The van der Waals surface area contributed by atoms with Gasteiger partial charge in [-0.15, -0.1) is 0 Å². The van der Waals surface area contributed by atoms with Crippen molar-refractivity contribution in [3.8, 4) is 0 Å². The third-order valence-corrected chi connectivity index (χ3v) is 6.04. The van der Waals surface area contributed by atoms with Crippen LogP contribution in [0.25, 0.3) is 0 Å². The van der Waals surface area contributed by atoms with E-state index in [2.05, 4.69) is 44.9 Å². The van der Waals surface area contributed by atoms with Gasteiger partial charge in [0.05, 0.1) is 26.2 Å². The Hall–Kier alpha value is -0.530. The number of halogens is 1. The van der Waals surface area contributed by atoms with E-state index in [0.29, 0.717) is 0 Å². The van der Waals surface area contributed by atoms with Crippen LogP contribution in [-0.4, -0.2) is 30.7 Å². The van der Waals surface area contributed by atoms with E-state index in [1.165, 1.54) is 109 Å². The number of hydrogen-bond donors (Lipinski definition) is 0. The quantitative estimate of drug-likeness (QED) is 0.113. The molecule has 2 heteroatoms. The minimum atomic E-state index is 0. The normalized spacial score (nSPS) is 11.1. The van der Waals surface area contributed by atoms with Gasteiger partial charge in [-0.05, 0) is 31.1 Å². The largest absolute Gasteiger partial charge is 1.00 e. The topological polar surface area (TPSA) is 0 Å². The summed E-state index contributed by atoms with van der Waals surface area (Å²) < 4.78 is 1.05. The van der Waals surface area contributed by atoms with Crippen molar-refractivity contribution in [2.45, 2.75) is 110 Å². The second-order valence-corrected chi connectivity index (χ2v) is 8.78. The minimum Gasteiger partial charge on any atom is -1.00 e.